The molecule has 3 N–H and O–H groups in total. The van der Waals surface area contributed by atoms with Gasteiger partial charge in [0.15, 0.2) is 0 Å². The van der Waals surface area contributed by atoms with E-state index in [1.54, 1.807) is 6.92 Å². The predicted octanol–water partition coefficient (Wildman–Crippen LogP) is 1.09. The van der Waals surface area contributed by atoms with Gasteiger partial charge in [0.05, 0.1) is 18.0 Å². The lowest BCUT2D eigenvalue weighted by Gasteiger charge is -2.23. The highest BCUT2D eigenvalue weighted by molar-refractivity contribution is 6.43. The van der Waals surface area contributed by atoms with E-state index in [2.05, 4.69) is 11.9 Å². The molecule has 0 fully saturated rings. The van der Waals surface area contributed by atoms with Gasteiger partial charge in [-0.05, 0) is 49.6 Å². The minimum Gasteiger partial charge on any atom is -0.426 e. The van der Waals surface area contributed by atoms with Gasteiger partial charge in [-0.1, -0.05) is 12.6 Å². The molecule has 10 heteroatoms. The van der Waals surface area contributed by atoms with Gasteiger partial charge >= 0.3 is 13.3 Å². The molecule has 1 aromatic carbocycles. The largest absolute Gasteiger partial charge is 0.475 e. The Kier molecular flexibility index (Phi) is 8.05. The zero-order chi connectivity index (χ0) is 20.8. The monoisotopic (exact) mass is 386 g/mol. The van der Waals surface area contributed by atoms with Gasteiger partial charge in [0, 0.05) is 6.54 Å². The van der Waals surface area contributed by atoms with Crippen LogP contribution in [0, 0.1) is 6.92 Å². The predicted molar refractivity (Wildman–Crippen MR) is 94.5 cm³/mol. The Bertz CT molecular complexity index is 695. The lowest BCUT2D eigenvalue weighted by Crippen LogP contribution is -2.51. The number of nitrogens with one attached hydrogen (secondary N) is 1. The van der Waals surface area contributed by atoms with E-state index in [0.717, 1.165) is 18.2 Å². The number of carbonyl (C=O) groups excluding carboxylic acids is 2. The second-order valence-corrected chi connectivity index (χ2v) is 5.99. The number of rotatable bonds is 8. The summed E-state index contributed by atoms with van der Waals surface area (Å²) in [4.78, 5) is 24.9. The van der Waals surface area contributed by atoms with E-state index in [0.29, 0.717) is 11.1 Å². The highest BCUT2D eigenvalue weighted by atomic mass is 19.4. The number of aryl methyl sites for hydroxylation is 1. The van der Waals surface area contributed by atoms with Crippen LogP contribution in [0.5, 0.6) is 0 Å². The normalized spacial score (nSPS) is 12.3. The smallest absolute Gasteiger partial charge is 0.426 e. The van der Waals surface area contributed by atoms with E-state index in [1.165, 1.54) is 17.9 Å². The summed E-state index contributed by atoms with van der Waals surface area (Å²) in [6.07, 6.45) is -3.51. The van der Waals surface area contributed by atoms with Crippen molar-refractivity contribution in [1.29, 1.82) is 0 Å². The topological polar surface area (TPSA) is 89.9 Å². The van der Waals surface area contributed by atoms with Crippen LogP contribution in [0.1, 0.15) is 23.6 Å². The summed E-state index contributed by atoms with van der Waals surface area (Å²) in [5, 5.41) is 21.4. The molecule has 0 saturated carbocycles. The summed E-state index contributed by atoms with van der Waals surface area (Å²) in [5.74, 6) is -2.23. The van der Waals surface area contributed by atoms with Gasteiger partial charge in [-0.15, -0.1) is 0 Å². The maximum atomic E-state index is 12.7. The first-order chi connectivity index (χ1) is 12.5. The van der Waals surface area contributed by atoms with Crippen LogP contribution >= 0.6 is 0 Å². The molecule has 0 aliphatic rings. The van der Waals surface area contributed by atoms with Crippen molar-refractivity contribution in [2.45, 2.75) is 32.4 Å². The zero-order valence-electron chi connectivity index (χ0n) is 15.1. The molecule has 148 valence electrons. The van der Waals surface area contributed by atoms with E-state index < -0.39 is 36.6 Å². The quantitative estimate of drug-likeness (QED) is 0.461. The van der Waals surface area contributed by atoms with Crippen LogP contribution in [0.3, 0.4) is 0 Å². The summed E-state index contributed by atoms with van der Waals surface area (Å²) in [6.45, 7) is 6.41. The number of carbonyl (C=O) groups is 2. The van der Waals surface area contributed by atoms with Crippen molar-refractivity contribution in [2.75, 3.05) is 13.1 Å². The molecule has 0 spiro atoms. The van der Waals surface area contributed by atoms with Crippen LogP contribution < -0.4 is 5.32 Å². The fraction of sp³-hybridized carbons (Fsp3) is 0.412. The van der Waals surface area contributed by atoms with Gasteiger partial charge in [-0.3, -0.25) is 9.59 Å². The summed E-state index contributed by atoms with van der Waals surface area (Å²) in [5.41, 5.74) is -0.0759. The highest BCUT2D eigenvalue weighted by Crippen LogP contribution is 2.30. The molecule has 0 bridgehead atoms. The van der Waals surface area contributed by atoms with Crippen molar-refractivity contribution in [3.8, 4) is 0 Å². The molecule has 0 aromatic heterocycles. The maximum absolute atomic E-state index is 12.7. The van der Waals surface area contributed by atoms with Crippen LogP contribution in [-0.4, -0.2) is 52.9 Å². The number of alkyl halides is 3. The third-order valence-electron chi connectivity index (χ3n) is 4.02. The van der Waals surface area contributed by atoms with E-state index in [9.17, 15) is 32.8 Å². The fourth-order valence-electron chi connectivity index (χ4n) is 2.47. The molecule has 1 aromatic rings. The van der Waals surface area contributed by atoms with Gasteiger partial charge in [0.25, 0.3) is 0 Å². The number of amides is 2. The highest BCUT2D eigenvalue weighted by Gasteiger charge is 2.31. The number of halogens is 3. The Morgan fingerprint density at radius 3 is 2.44 bits per heavy atom. The molecular formula is C17H22BF3N2O4. The van der Waals surface area contributed by atoms with Crippen molar-refractivity contribution in [3.63, 3.8) is 0 Å². The van der Waals surface area contributed by atoms with Crippen LogP contribution in [0.4, 0.5) is 13.2 Å². The Balaban J connectivity index is 2.87. The lowest BCUT2D eigenvalue weighted by molar-refractivity contribution is -0.137. The summed E-state index contributed by atoms with van der Waals surface area (Å²) in [7, 11) is -1.93. The number of benzene rings is 1. The van der Waals surface area contributed by atoms with Crippen LogP contribution in [0.15, 0.2) is 30.9 Å². The molecule has 1 atom stereocenters. The van der Waals surface area contributed by atoms with Crippen LogP contribution in [-0.2, 0) is 22.2 Å². The Hall–Kier alpha value is -2.33. The standard InChI is InChI=1S/C17H22BF3N2O4/c1-4-16(25)23(5-2)10-15(24)22-14(18(26)27)9-12-6-7-13(8-11(12)3)17(19,20)21/h4,6-8,14,26-27H,1,5,9-10H2,2-3H3,(H,22,24)/t14-/m0/s1. The van der Waals surface area contributed by atoms with Crippen molar-refractivity contribution >= 4 is 18.9 Å². The summed E-state index contributed by atoms with van der Waals surface area (Å²) >= 11 is 0. The molecule has 0 radical (unpaired) electrons. The fourth-order valence-corrected chi connectivity index (χ4v) is 2.47. The Morgan fingerprint density at radius 1 is 1.37 bits per heavy atom. The Morgan fingerprint density at radius 2 is 2.00 bits per heavy atom. The van der Waals surface area contributed by atoms with Crippen molar-refractivity contribution in [1.82, 2.24) is 10.2 Å². The first-order valence-corrected chi connectivity index (χ1v) is 8.23. The van der Waals surface area contributed by atoms with E-state index in [1.807, 2.05) is 0 Å². The first kappa shape index (κ1) is 22.7. The zero-order valence-corrected chi connectivity index (χ0v) is 15.1. The van der Waals surface area contributed by atoms with Gasteiger partial charge in [-0.2, -0.15) is 13.2 Å². The molecule has 0 heterocycles. The van der Waals surface area contributed by atoms with E-state index >= 15 is 0 Å². The van der Waals surface area contributed by atoms with Crippen molar-refractivity contribution in [2.24, 2.45) is 0 Å². The molecule has 0 aliphatic carbocycles. The molecule has 2 amide bonds. The minimum absolute atomic E-state index is 0.0884. The van der Waals surface area contributed by atoms with Crippen LogP contribution in [0.2, 0.25) is 0 Å². The molecule has 0 unspecified atom stereocenters. The average molecular weight is 386 g/mol. The third kappa shape index (κ3) is 6.72. The van der Waals surface area contributed by atoms with Gasteiger partial charge in [0.1, 0.15) is 0 Å². The second-order valence-electron chi connectivity index (χ2n) is 5.99. The number of hydrogen-bond donors (Lipinski definition) is 3. The van der Waals surface area contributed by atoms with E-state index in [-0.39, 0.29) is 19.5 Å². The second kappa shape index (κ2) is 9.56. The molecular weight excluding hydrogens is 364 g/mol. The van der Waals surface area contributed by atoms with Crippen molar-refractivity contribution in [3.05, 3.63) is 47.5 Å². The number of nitrogens with zero attached hydrogens (tertiary/aromatic N) is 1. The Labute approximate surface area is 155 Å². The lowest BCUT2D eigenvalue weighted by atomic mass is 9.75. The third-order valence-corrected chi connectivity index (χ3v) is 4.02. The van der Waals surface area contributed by atoms with E-state index in [4.69, 9.17) is 0 Å². The molecule has 0 aliphatic heterocycles. The molecule has 1 rings (SSSR count). The van der Waals surface area contributed by atoms with Gasteiger partial charge < -0.3 is 20.3 Å². The average Bonchev–Trinajstić information content (AvgIpc) is 2.58. The van der Waals surface area contributed by atoms with Crippen molar-refractivity contribution < 1.29 is 32.8 Å². The first-order valence-electron chi connectivity index (χ1n) is 8.23. The van der Waals surface area contributed by atoms with Gasteiger partial charge in [-0.25, -0.2) is 0 Å². The molecule has 27 heavy (non-hydrogen) atoms. The van der Waals surface area contributed by atoms with Gasteiger partial charge in [0.2, 0.25) is 11.8 Å². The number of likely N-dealkylation sites (N-methyl/N-ethyl adjacent to an activating group) is 1. The summed E-state index contributed by atoms with van der Waals surface area (Å²) < 4.78 is 38.2. The van der Waals surface area contributed by atoms with Crippen LogP contribution in [0.25, 0.3) is 0 Å². The minimum atomic E-state index is -4.48. The number of hydrogen-bond acceptors (Lipinski definition) is 4. The maximum Gasteiger partial charge on any atom is 0.475 e. The molecule has 6 nitrogen and oxygen atoms in total. The SMILES string of the molecule is C=CC(=O)N(CC)CC(=O)N[C@@H](Cc1ccc(C(F)(F)F)cc1C)B(O)O. The molecule has 0 saturated heterocycles. The summed E-state index contributed by atoms with van der Waals surface area (Å²) in [6, 6.07) is 3.09.